The third kappa shape index (κ3) is 16.7. The maximum atomic E-state index is 10.3. The Morgan fingerprint density at radius 1 is 0.842 bits per heavy atom. The van der Waals surface area contributed by atoms with E-state index in [0.29, 0.717) is 0 Å². The molecule has 0 radical (unpaired) electrons. The van der Waals surface area contributed by atoms with Gasteiger partial charge >= 0.3 is 5.97 Å². The Morgan fingerprint density at radius 2 is 1.37 bits per heavy atom. The number of allylic oxidation sites excluding steroid dienone is 6. The highest BCUT2D eigenvalue weighted by atomic mass is 16.4. The average molecular weight is 264 g/mol. The first kappa shape index (κ1) is 17.7. The number of carbonyl (C=O) groups is 1. The van der Waals surface area contributed by atoms with E-state index in [1.165, 1.54) is 19.3 Å². The van der Waals surface area contributed by atoms with E-state index in [0.717, 1.165) is 32.1 Å². The summed E-state index contributed by atoms with van der Waals surface area (Å²) in [7, 11) is 0. The summed E-state index contributed by atoms with van der Waals surface area (Å²) < 4.78 is 0. The van der Waals surface area contributed by atoms with Gasteiger partial charge in [-0.1, -0.05) is 56.2 Å². The zero-order chi connectivity index (χ0) is 14.2. The van der Waals surface area contributed by atoms with E-state index in [9.17, 15) is 4.79 Å². The average Bonchev–Trinajstić information content (AvgIpc) is 2.39. The molecule has 1 N–H and O–H groups in total. The first-order chi connectivity index (χ1) is 9.27. The minimum absolute atomic E-state index is 0.290. The maximum absolute atomic E-state index is 10.3. The fraction of sp³-hybridized carbons (Fsp3) is 0.588. The van der Waals surface area contributed by atoms with Crippen LogP contribution < -0.4 is 0 Å². The highest BCUT2D eigenvalue weighted by molar-refractivity contribution is 5.66. The van der Waals surface area contributed by atoms with Crippen LogP contribution in [0.15, 0.2) is 36.5 Å². The predicted octanol–water partition coefficient (Wildman–Crippen LogP) is 5.27. The number of unbranched alkanes of at least 4 members (excludes halogenated alkanes) is 4. The van der Waals surface area contributed by atoms with Gasteiger partial charge in [0, 0.05) is 6.42 Å². The van der Waals surface area contributed by atoms with Crippen molar-refractivity contribution in [3.63, 3.8) is 0 Å². The van der Waals surface area contributed by atoms with Crippen LogP contribution in [0, 0.1) is 0 Å². The molecule has 0 heterocycles. The number of rotatable bonds is 12. The van der Waals surface area contributed by atoms with Gasteiger partial charge in [-0.05, 0) is 38.5 Å². The van der Waals surface area contributed by atoms with Gasteiger partial charge in [-0.25, -0.2) is 0 Å². The number of aliphatic carboxylic acids is 1. The molecule has 2 heteroatoms. The van der Waals surface area contributed by atoms with Crippen LogP contribution in [0.5, 0.6) is 0 Å². The zero-order valence-corrected chi connectivity index (χ0v) is 12.2. The van der Waals surface area contributed by atoms with Crippen LogP contribution in [0.25, 0.3) is 0 Å². The molecule has 0 aliphatic carbocycles. The van der Waals surface area contributed by atoms with Gasteiger partial charge in [0.1, 0.15) is 0 Å². The van der Waals surface area contributed by atoms with Crippen molar-refractivity contribution >= 4 is 5.97 Å². The van der Waals surface area contributed by atoms with Crippen LogP contribution in [0.1, 0.15) is 64.7 Å². The predicted molar refractivity (Wildman–Crippen MR) is 82.3 cm³/mol. The van der Waals surface area contributed by atoms with Gasteiger partial charge in [-0.15, -0.1) is 0 Å². The summed E-state index contributed by atoms with van der Waals surface area (Å²) in [5.41, 5.74) is 0. The van der Waals surface area contributed by atoms with Gasteiger partial charge in [0.15, 0.2) is 0 Å². The standard InChI is InChI=1S/C17H28O2/c1-2-3-4-5-6-7-8-9-10-11-12-13-14-15-16-17(18)19/h5-6,8-9,11-12H,2-4,7,10,13-16H2,1H3,(H,18,19)/b6-5+,9-8+,12-11+. The molecule has 0 aliphatic heterocycles. The van der Waals surface area contributed by atoms with Gasteiger partial charge in [0.2, 0.25) is 0 Å². The van der Waals surface area contributed by atoms with Crippen molar-refractivity contribution in [3.8, 4) is 0 Å². The van der Waals surface area contributed by atoms with Gasteiger partial charge in [0.25, 0.3) is 0 Å². The van der Waals surface area contributed by atoms with Crippen LogP contribution in [0.3, 0.4) is 0 Å². The lowest BCUT2D eigenvalue weighted by molar-refractivity contribution is -0.137. The third-order valence-corrected chi connectivity index (χ3v) is 2.78. The Bertz CT molecular complexity index is 288. The number of carboxylic acids is 1. The summed E-state index contributed by atoms with van der Waals surface area (Å²) in [5, 5.41) is 8.47. The SMILES string of the molecule is CCCC/C=C/C/C=C/C/C=C/CCCCC(=O)O. The molecule has 0 aromatic rings. The summed E-state index contributed by atoms with van der Waals surface area (Å²) in [6.45, 7) is 2.21. The van der Waals surface area contributed by atoms with E-state index >= 15 is 0 Å². The molecule has 0 aliphatic rings. The Kier molecular flexibility index (Phi) is 13.7. The number of hydrogen-bond acceptors (Lipinski definition) is 1. The van der Waals surface area contributed by atoms with Gasteiger partial charge in [0.05, 0.1) is 0 Å². The molecule has 2 nitrogen and oxygen atoms in total. The number of carboxylic acid groups (broad SMARTS) is 1. The second-order valence-corrected chi connectivity index (χ2v) is 4.67. The molecule has 0 aromatic heterocycles. The van der Waals surface area contributed by atoms with E-state index in [4.69, 9.17) is 5.11 Å². The molecule has 19 heavy (non-hydrogen) atoms. The second kappa shape index (κ2) is 14.7. The molecule has 0 spiro atoms. The Hall–Kier alpha value is -1.31. The van der Waals surface area contributed by atoms with Crippen molar-refractivity contribution in [2.75, 3.05) is 0 Å². The lowest BCUT2D eigenvalue weighted by Crippen LogP contribution is -1.92. The summed E-state index contributed by atoms with van der Waals surface area (Å²) in [6.07, 6.45) is 21.9. The molecule has 0 atom stereocenters. The van der Waals surface area contributed by atoms with Crippen LogP contribution in [-0.4, -0.2) is 11.1 Å². The monoisotopic (exact) mass is 264 g/mol. The lowest BCUT2D eigenvalue weighted by Gasteiger charge is -1.92. The molecule has 0 fully saturated rings. The van der Waals surface area contributed by atoms with Crippen molar-refractivity contribution in [1.82, 2.24) is 0 Å². The molecule has 0 rings (SSSR count). The van der Waals surface area contributed by atoms with Crippen LogP contribution >= 0.6 is 0 Å². The zero-order valence-electron chi connectivity index (χ0n) is 12.2. The summed E-state index contributed by atoms with van der Waals surface area (Å²) in [6, 6.07) is 0. The van der Waals surface area contributed by atoms with E-state index < -0.39 is 5.97 Å². The van der Waals surface area contributed by atoms with Crippen molar-refractivity contribution in [2.45, 2.75) is 64.7 Å². The van der Waals surface area contributed by atoms with Crippen LogP contribution in [-0.2, 0) is 4.79 Å². The normalized spacial score (nSPS) is 12.1. The van der Waals surface area contributed by atoms with Crippen molar-refractivity contribution in [3.05, 3.63) is 36.5 Å². The molecule has 0 saturated carbocycles. The molecule has 0 amide bonds. The Morgan fingerprint density at radius 3 is 1.89 bits per heavy atom. The third-order valence-electron chi connectivity index (χ3n) is 2.78. The van der Waals surface area contributed by atoms with Gasteiger partial charge in [-0.2, -0.15) is 0 Å². The van der Waals surface area contributed by atoms with Crippen molar-refractivity contribution < 1.29 is 9.90 Å². The highest BCUT2D eigenvalue weighted by Gasteiger charge is 1.93. The quantitative estimate of drug-likeness (QED) is 0.385. The van der Waals surface area contributed by atoms with Crippen LogP contribution in [0.4, 0.5) is 0 Å². The van der Waals surface area contributed by atoms with E-state index in [1.54, 1.807) is 0 Å². The van der Waals surface area contributed by atoms with Gasteiger partial charge < -0.3 is 5.11 Å². The van der Waals surface area contributed by atoms with Gasteiger partial charge in [-0.3, -0.25) is 4.79 Å². The minimum Gasteiger partial charge on any atom is -0.481 e. The Balaban J connectivity index is 3.32. The topological polar surface area (TPSA) is 37.3 Å². The molecule has 0 aromatic carbocycles. The largest absolute Gasteiger partial charge is 0.481 e. The van der Waals surface area contributed by atoms with E-state index in [2.05, 4.69) is 43.4 Å². The van der Waals surface area contributed by atoms with E-state index in [-0.39, 0.29) is 6.42 Å². The summed E-state index contributed by atoms with van der Waals surface area (Å²) in [5.74, 6) is -0.695. The molecule has 108 valence electrons. The first-order valence-corrected chi connectivity index (χ1v) is 7.44. The van der Waals surface area contributed by atoms with Crippen molar-refractivity contribution in [1.29, 1.82) is 0 Å². The molecule has 0 unspecified atom stereocenters. The molecular formula is C17H28O2. The second-order valence-electron chi connectivity index (χ2n) is 4.67. The minimum atomic E-state index is -0.695. The van der Waals surface area contributed by atoms with Crippen molar-refractivity contribution in [2.24, 2.45) is 0 Å². The van der Waals surface area contributed by atoms with Crippen LogP contribution in [0.2, 0.25) is 0 Å². The first-order valence-electron chi connectivity index (χ1n) is 7.44. The summed E-state index contributed by atoms with van der Waals surface area (Å²) >= 11 is 0. The van der Waals surface area contributed by atoms with E-state index in [1.807, 2.05) is 0 Å². The number of hydrogen-bond donors (Lipinski definition) is 1. The fourth-order valence-electron chi connectivity index (χ4n) is 1.64. The Labute approximate surface area is 117 Å². The highest BCUT2D eigenvalue weighted by Crippen LogP contribution is 2.02. The lowest BCUT2D eigenvalue weighted by atomic mass is 10.2. The smallest absolute Gasteiger partial charge is 0.303 e. The molecular weight excluding hydrogens is 236 g/mol. The molecule has 0 bridgehead atoms. The maximum Gasteiger partial charge on any atom is 0.303 e. The summed E-state index contributed by atoms with van der Waals surface area (Å²) in [4.78, 5) is 10.3. The molecule has 0 saturated heterocycles. The fourth-order valence-corrected chi connectivity index (χ4v) is 1.64.